The average Bonchev–Trinajstić information content (AvgIpc) is 2.40. The third-order valence-corrected chi connectivity index (χ3v) is 3.03. The fraction of sp³-hybridized carbons (Fsp3) is 0. The minimum Gasteiger partial charge on any atom is -0.437 e. The van der Waals surface area contributed by atoms with E-state index in [1.807, 2.05) is 30.3 Å². The Bertz CT molecular complexity index is 686. The van der Waals surface area contributed by atoms with Crippen LogP contribution >= 0.6 is 15.9 Å². The minimum absolute atomic E-state index is 0.494. The van der Waals surface area contributed by atoms with Gasteiger partial charge in [0.15, 0.2) is 0 Å². The summed E-state index contributed by atoms with van der Waals surface area (Å²) >= 11 is 3.46. The van der Waals surface area contributed by atoms with Gasteiger partial charge in [0.25, 0.3) is 0 Å². The monoisotopic (exact) mass is 300 g/mol. The van der Waals surface area contributed by atoms with E-state index < -0.39 is 0 Å². The van der Waals surface area contributed by atoms with Gasteiger partial charge in [-0.05, 0) is 35.0 Å². The Labute approximate surface area is 113 Å². The molecule has 0 N–H and O–H groups in total. The zero-order valence-corrected chi connectivity index (χ0v) is 11.0. The van der Waals surface area contributed by atoms with E-state index in [1.54, 1.807) is 18.6 Å². The Morgan fingerprint density at radius 2 is 1.78 bits per heavy atom. The Morgan fingerprint density at radius 1 is 0.944 bits per heavy atom. The SMILES string of the molecule is Brc1ccc2cc(Oc3cnccn3)ccc2c1. The van der Waals surface area contributed by atoms with Gasteiger partial charge in [0.05, 0.1) is 6.20 Å². The molecule has 0 aliphatic rings. The van der Waals surface area contributed by atoms with Crippen molar-refractivity contribution in [2.45, 2.75) is 0 Å². The third-order valence-electron chi connectivity index (χ3n) is 2.54. The molecule has 3 aromatic rings. The van der Waals surface area contributed by atoms with Crippen LogP contribution in [0, 0.1) is 0 Å². The normalized spacial score (nSPS) is 10.5. The Balaban J connectivity index is 1.96. The quantitative estimate of drug-likeness (QED) is 0.712. The van der Waals surface area contributed by atoms with E-state index in [9.17, 15) is 0 Å². The molecule has 18 heavy (non-hydrogen) atoms. The molecule has 3 nitrogen and oxygen atoms in total. The van der Waals surface area contributed by atoms with E-state index in [0.717, 1.165) is 21.0 Å². The summed E-state index contributed by atoms with van der Waals surface area (Å²) in [6, 6.07) is 12.0. The van der Waals surface area contributed by atoms with E-state index in [0.29, 0.717) is 5.88 Å². The van der Waals surface area contributed by atoms with Gasteiger partial charge >= 0.3 is 0 Å². The number of halogens is 1. The molecule has 3 rings (SSSR count). The van der Waals surface area contributed by atoms with Crippen molar-refractivity contribution in [3.05, 3.63) is 59.5 Å². The number of hydrogen-bond acceptors (Lipinski definition) is 3. The molecular weight excluding hydrogens is 292 g/mol. The highest BCUT2D eigenvalue weighted by molar-refractivity contribution is 9.10. The minimum atomic E-state index is 0.494. The van der Waals surface area contributed by atoms with Gasteiger partial charge in [-0.15, -0.1) is 0 Å². The smallest absolute Gasteiger partial charge is 0.237 e. The molecule has 0 saturated carbocycles. The first kappa shape index (κ1) is 11.2. The number of aromatic nitrogens is 2. The molecule has 0 fully saturated rings. The van der Waals surface area contributed by atoms with Crippen LogP contribution in [-0.4, -0.2) is 9.97 Å². The molecule has 1 aromatic heterocycles. The number of ether oxygens (including phenoxy) is 1. The van der Waals surface area contributed by atoms with E-state index in [-0.39, 0.29) is 0 Å². The number of hydrogen-bond donors (Lipinski definition) is 0. The maximum atomic E-state index is 5.63. The van der Waals surface area contributed by atoms with Crippen LogP contribution in [0.25, 0.3) is 10.8 Å². The lowest BCUT2D eigenvalue weighted by Crippen LogP contribution is -1.88. The molecule has 0 saturated heterocycles. The maximum Gasteiger partial charge on any atom is 0.237 e. The second-order valence-corrected chi connectivity index (χ2v) is 4.71. The maximum absolute atomic E-state index is 5.63. The summed E-state index contributed by atoms with van der Waals surface area (Å²) in [5, 5.41) is 2.29. The lowest BCUT2D eigenvalue weighted by molar-refractivity contribution is 0.461. The first-order valence-electron chi connectivity index (χ1n) is 5.44. The molecule has 0 bridgehead atoms. The number of nitrogens with zero attached hydrogens (tertiary/aromatic N) is 2. The molecule has 0 aliphatic heterocycles. The van der Waals surface area contributed by atoms with Crippen molar-refractivity contribution >= 4 is 26.7 Å². The Kier molecular flexibility index (Phi) is 2.94. The molecule has 0 atom stereocenters. The molecule has 0 radical (unpaired) electrons. The summed E-state index contributed by atoms with van der Waals surface area (Å²) < 4.78 is 6.70. The van der Waals surface area contributed by atoms with E-state index in [1.165, 1.54) is 0 Å². The van der Waals surface area contributed by atoms with Gasteiger partial charge in [-0.1, -0.05) is 28.1 Å². The van der Waals surface area contributed by atoms with Crippen molar-refractivity contribution in [1.29, 1.82) is 0 Å². The van der Waals surface area contributed by atoms with Crippen LogP contribution in [0.5, 0.6) is 11.6 Å². The van der Waals surface area contributed by atoms with Crippen LogP contribution in [0.3, 0.4) is 0 Å². The number of rotatable bonds is 2. The van der Waals surface area contributed by atoms with Crippen LogP contribution < -0.4 is 4.74 Å². The molecule has 0 aliphatic carbocycles. The molecular formula is C14H9BrN2O. The predicted octanol–water partition coefficient (Wildman–Crippen LogP) is 4.18. The summed E-state index contributed by atoms with van der Waals surface area (Å²) in [6.45, 7) is 0. The van der Waals surface area contributed by atoms with Crippen molar-refractivity contribution in [3.8, 4) is 11.6 Å². The fourth-order valence-electron chi connectivity index (χ4n) is 1.72. The zero-order valence-electron chi connectivity index (χ0n) is 9.38. The zero-order chi connectivity index (χ0) is 12.4. The first-order valence-corrected chi connectivity index (χ1v) is 6.24. The largest absolute Gasteiger partial charge is 0.437 e. The number of benzene rings is 2. The second kappa shape index (κ2) is 4.74. The van der Waals surface area contributed by atoms with E-state index in [4.69, 9.17) is 4.74 Å². The Hall–Kier alpha value is -1.94. The van der Waals surface area contributed by atoms with Crippen molar-refractivity contribution in [3.63, 3.8) is 0 Å². The van der Waals surface area contributed by atoms with Crippen molar-refractivity contribution in [2.75, 3.05) is 0 Å². The highest BCUT2D eigenvalue weighted by Gasteiger charge is 2.00. The fourth-order valence-corrected chi connectivity index (χ4v) is 2.10. The lowest BCUT2D eigenvalue weighted by atomic mass is 10.1. The van der Waals surface area contributed by atoms with Crippen LogP contribution in [0.1, 0.15) is 0 Å². The summed E-state index contributed by atoms with van der Waals surface area (Å²) in [6.07, 6.45) is 4.81. The molecule has 4 heteroatoms. The predicted molar refractivity (Wildman–Crippen MR) is 73.8 cm³/mol. The second-order valence-electron chi connectivity index (χ2n) is 3.80. The molecule has 1 heterocycles. The van der Waals surface area contributed by atoms with E-state index >= 15 is 0 Å². The van der Waals surface area contributed by atoms with Crippen molar-refractivity contribution < 1.29 is 4.74 Å². The summed E-state index contributed by atoms with van der Waals surface area (Å²) in [5.74, 6) is 1.25. The highest BCUT2D eigenvalue weighted by atomic mass is 79.9. The molecule has 0 spiro atoms. The Morgan fingerprint density at radius 3 is 2.61 bits per heavy atom. The molecule has 0 amide bonds. The van der Waals surface area contributed by atoms with Gasteiger partial charge in [-0.2, -0.15) is 0 Å². The topological polar surface area (TPSA) is 35.0 Å². The summed E-state index contributed by atoms with van der Waals surface area (Å²) in [7, 11) is 0. The van der Waals surface area contributed by atoms with Gasteiger partial charge in [-0.3, -0.25) is 4.98 Å². The van der Waals surface area contributed by atoms with Gasteiger partial charge in [0.1, 0.15) is 5.75 Å². The molecule has 88 valence electrons. The highest BCUT2D eigenvalue weighted by Crippen LogP contribution is 2.26. The van der Waals surface area contributed by atoms with Crippen LogP contribution in [-0.2, 0) is 0 Å². The van der Waals surface area contributed by atoms with Crippen LogP contribution in [0.2, 0.25) is 0 Å². The van der Waals surface area contributed by atoms with Crippen LogP contribution in [0.4, 0.5) is 0 Å². The average molecular weight is 301 g/mol. The van der Waals surface area contributed by atoms with Crippen molar-refractivity contribution in [1.82, 2.24) is 9.97 Å². The molecule has 2 aromatic carbocycles. The standard InChI is InChI=1S/C14H9BrN2O/c15-12-3-1-11-8-13(4-2-10(11)7-12)18-14-9-16-5-6-17-14/h1-9H. The summed E-state index contributed by atoms with van der Waals surface area (Å²) in [4.78, 5) is 8.04. The van der Waals surface area contributed by atoms with Gasteiger partial charge in [-0.25, -0.2) is 4.98 Å². The van der Waals surface area contributed by atoms with Gasteiger partial charge < -0.3 is 4.74 Å². The first-order chi connectivity index (χ1) is 8.81. The van der Waals surface area contributed by atoms with Crippen LogP contribution in [0.15, 0.2) is 59.5 Å². The number of fused-ring (bicyclic) bond motifs is 1. The van der Waals surface area contributed by atoms with E-state index in [2.05, 4.69) is 32.0 Å². The van der Waals surface area contributed by atoms with Gasteiger partial charge in [0.2, 0.25) is 5.88 Å². The lowest BCUT2D eigenvalue weighted by Gasteiger charge is -2.05. The third kappa shape index (κ3) is 2.33. The summed E-state index contributed by atoms with van der Waals surface area (Å²) in [5.41, 5.74) is 0. The van der Waals surface area contributed by atoms with Crippen molar-refractivity contribution in [2.24, 2.45) is 0 Å². The van der Waals surface area contributed by atoms with Gasteiger partial charge in [0, 0.05) is 16.9 Å². The molecule has 0 unspecified atom stereocenters.